The second-order valence-corrected chi connectivity index (χ2v) is 22.0. The van der Waals surface area contributed by atoms with Gasteiger partial charge in [0.2, 0.25) is 0 Å². The summed E-state index contributed by atoms with van der Waals surface area (Å²) in [4.78, 5) is 51.4. The number of rotatable bonds is 55. The highest BCUT2D eigenvalue weighted by atomic mass is 16.7. The maximum absolute atomic E-state index is 13.2. The number of aliphatic carboxylic acids is 1. The molecule has 0 amide bonds. The number of carbonyl (C=O) groups is 4. The van der Waals surface area contributed by atoms with Gasteiger partial charge < -0.3 is 39.0 Å². The second kappa shape index (κ2) is 59.2. The quantitative estimate of drug-likeness (QED) is 0.0228. The number of carbonyl (C=O) groups excluding carboxylic acids is 3. The van der Waals surface area contributed by atoms with E-state index in [4.69, 9.17) is 23.7 Å². The van der Waals surface area contributed by atoms with Crippen molar-refractivity contribution in [1.29, 1.82) is 0 Å². The molecule has 1 saturated heterocycles. The number of aliphatic hydroxyl groups is 2. The number of unbranched alkanes of at least 4 members (excludes halogenated alkanes) is 19. The Bertz CT molecular complexity index is 1990. The molecule has 1 aliphatic heterocycles. The molecule has 85 heavy (non-hydrogen) atoms. The minimum atomic E-state index is -1.92. The molecular formula is C73H116O12. The lowest BCUT2D eigenvalue weighted by molar-refractivity contribution is -0.301. The summed E-state index contributed by atoms with van der Waals surface area (Å²) in [6.45, 7) is 5.72. The fraction of sp³-hybridized carbons (Fsp3) is 0.644. The SMILES string of the molecule is CC/C=C\C/C=C\C/C=C\C/C=C\CCCCCCCCC(=O)OC1C(OCC(COC(=O)CCCCCCCC/C=C\C/C=C\C/C=C\CCCCC)OC(=O)CCCCCC/C=C\C/C=C\C/C=C\C/C=C\CC)OC(C(=O)O)C(O)C1O. The fourth-order valence-corrected chi connectivity index (χ4v) is 9.18. The van der Waals surface area contributed by atoms with Gasteiger partial charge in [-0.3, -0.25) is 14.4 Å². The zero-order valence-electron chi connectivity index (χ0n) is 53.1. The maximum atomic E-state index is 13.2. The van der Waals surface area contributed by atoms with E-state index in [1.165, 1.54) is 25.7 Å². The molecule has 1 fully saturated rings. The summed E-state index contributed by atoms with van der Waals surface area (Å²) < 4.78 is 28.5. The number of aliphatic hydroxyl groups excluding tert-OH is 2. The third-order valence-electron chi connectivity index (χ3n) is 14.2. The summed E-state index contributed by atoms with van der Waals surface area (Å²) in [6, 6.07) is 0. The Morgan fingerprint density at radius 2 is 0.741 bits per heavy atom. The van der Waals surface area contributed by atoms with Crippen LogP contribution in [-0.2, 0) is 42.9 Å². The van der Waals surface area contributed by atoms with Crippen molar-refractivity contribution in [3.8, 4) is 0 Å². The van der Waals surface area contributed by atoms with E-state index in [2.05, 4.69) is 154 Å². The lowest BCUT2D eigenvalue weighted by atomic mass is 9.98. The third kappa shape index (κ3) is 48.6. The Morgan fingerprint density at radius 1 is 0.400 bits per heavy atom. The average molecular weight is 1190 g/mol. The van der Waals surface area contributed by atoms with Crippen LogP contribution in [0.1, 0.15) is 252 Å². The molecule has 1 heterocycles. The van der Waals surface area contributed by atoms with Gasteiger partial charge in [-0.1, -0.05) is 231 Å². The summed E-state index contributed by atoms with van der Waals surface area (Å²) in [6.07, 6.45) is 71.1. The molecule has 6 unspecified atom stereocenters. The van der Waals surface area contributed by atoms with Gasteiger partial charge in [0.15, 0.2) is 24.6 Å². The molecule has 0 aromatic heterocycles. The number of esters is 3. The molecule has 1 aliphatic rings. The Kier molecular flexibility index (Phi) is 54.2. The standard InChI is InChI=1S/C73H116O12/c1-4-7-10-13-16-19-22-25-28-31-33-36-38-41-44-47-50-53-56-59-65(74)81-62-64(83-66(75)60-57-54-51-48-45-42-39-35-30-27-24-21-18-15-12-9-6-3)63-82-73-71(69(78)68(77)70(85-73)72(79)80)84-67(76)61-58-55-52-49-46-43-40-37-34-32-29-26-23-20-17-14-11-8-5-2/h8-9,11-12,16-21,25-30,33-34,36-37,39,42,64,68-71,73,77-78H,4-7,10,13-15,22-24,31-32,35,38,40-41,43-63H2,1-3H3,(H,79,80)/b11-8-,12-9-,19-16-,20-17-,21-18-,28-25-,29-26-,30-27-,36-33-,37-34-,42-39-. The van der Waals surface area contributed by atoms with Gasteiger partial charge in [-0.25, -0.2) is 4.79 Å². The molecule has 6 atom stereocenters. The van der Waals surface area contributed by atoms with Gasteiger partial charge in [-0.15, -0.1) is 0 Å². The fourth-order valence-electron chi connectivity index (χ4n) is 9.18. The van der Waals surface area contributed by atoms with E-state index in [0.717, 1.165) is 167 Å². The molecule has 12 heteroatoms. The minimum absolute atomic E-state index is 0.0325. The zero-order chi connectivity index (χ0) is 61.7. The summed E-state index contributed by atoms with van der Waals surface area (Å²) in [5.41, 5.74) is 0. The highest BCUT2D eigenvalue weighted by molar-refractivity contribution is 5.74. The van der Waals surface area contributed by atoms with Gasteiger partial charge in [0.05, 0.1) is 6.61 Å². The topological polar surface area (TPSA) is 175 Å². The van der Waals surface area contributed by atoms with Crippen LogP contribution in [0.15, 0.2) is 134 Å². The average Bonchev–Trinajstić information content (AvgIpc) is 2.79. The van der Waals surface area contributed by atoms with Crippen molar-refractivity contribution in [2.45, 2.75) is 289 Å². The van der Waals surface area contributed by atoms with Gasteiger partial charge in [-0.2, -0.15) is 0 Å². The van der Waals surface area contributed by atoms with E-state index in [1.54, 1.807) is 0 Å². The second-order valence-electron chi connectivity index (χ2n) is 22.0. The predicted molar refractivity (Wildman–Crippen MR) is 349 cm³/mol. The number of allylic oxidation sites excluding steroid dienone is 22. The van der Waals surface area contributed by atoms with Crippen LogP contribution in [0.3, 0.4) is 0 Å². The molecule has 0 radical (unpaired) electrons. The molecule has 0 spiro atoms. The molecule has 0 aromatic rings. The van der Waals surface area contributed by atoms with Crippen LogP contribution >= 0.6 is 0 Å². The van der Waals surface area contributed by atoms with Crippen molar-refractivity contribution in [1.82, 2.24) is 0 Å². The first-order chi connectivity index (χ1) is 41.6. The van der Waals surface area contributed by atoms with Crippen LogP contribution in [0, 0.1) is 0 Å². The van der Waals surface area contributed by atoms with Gasteiger partial charge in [0.25, 0.3) is 0 Å². The summed E-state index contributed by atoms with van der Waals surface area (Å²) in [5, 5.41) is 31.6. The Labute approximate surface area is 515 Å². The van der Waals surface area contributed by atoms with Crippen LogP contribution in [0.5, 0.6) is 0 Å². The normalized spacial score (nSPS) is 18.3. The molecule has 0 bridgehead atoms. The molecule has 480 valence electrons. The van der Waals surface area contributed by atoms with Crippen LogP contribution in [0.2, 0.25) is 0 Å². The Hall–Kier alpha value is -5.14. The van der Waals surface area contributed by atoms with Crippen molar-refractivity contribution in [2.75, 3.05) is 13.2 Å². The monoisotopic (exact) mass is 1180 g/mol. The molecule has 12 nitrogen and oxygen atoms in total. The number of hydrogen-bond donors (Lipinski definition) is 3. The summed E-state index contributed by atoms with van der Waals surface area (Å²) in [7, 11) is 0. The van der Waals surface area contributed by atoms with Gasteiger partial charge >= 0.3 is 23.9 Å². The van der Waals surface area contributed by atoms with Gasteiger partial charge in [-0.05, 0) is 135 Å². The predicted octanol–water partition coefficient (Wildman–Crippen LogP) is 18.1. The number of carboxylic acids is 1. The van der Waals surface area contributed by atoms with E-state index in [9.17, 15) is 34.5 Å². The molecule has 1 rings (SSSR count). The van der Waals surface area contributed by atoms with Crippen LogP contribution in [0.25, 0.3) is 0 Å². The van der Waals surface area contributed by atoms with Crippen molar-refractivity contribution >= 4 is 23.9 Å². The first kappa shape index (κ1) is 77.9. The van der Waals surface area contributed by atoms with Crippen molar-refractivity contribution in [3.63, 3.8) is 0 Å². The highest BCUT2D eigenvalue weighted by Gasteiger charge is 2.50. The van der Waals surface area contributed by atoms with Crippen molar-refractivity contribution < 1.29 is 58.2 Å². The van der Waals surface area contributed by atoms with Crippen LogP contribution in [-0.4, -0.2) is 89.2 Å². The van der Waals surface area contributed by atoms with Crippen LogP contribution < -0.4 is 0 Å². The Morgan fingerprint density at radius 3 is 1.13 bits per heavy atom. The van der Waals surface area contributed by atoms with Gasteiger partial charge in [0.1, 0.15) is 18.8 Å². The van der Waals surface area contributed by atoms with Crippen molar-refractivity contribution in [3.05, 3.63) is 134 Å². The number of hydrogen-bond acceptors (Lipinski definition) is 11. The largest absolute Gasteiger partial charge is 0.479 e. The van der Waals surface area contributed by atoms with E-state index >= 15 is 0 Å². The molecular weight excluding hydrogens is 1070 g/mol. The van der Waals surface area contributed by atoms with Gasteiger partial charge in [0, 0.05) is 19.3 Å². The summed E-state index contributed by atoms with van der Waals surface area (Å²) >= 11 is 0. The maximum Gasteiger partial charge on any atom is 0.335 e. The first-order valence-electron chi connectivity index (χ1n) is 33.2. The summed E-state index contributed by atoms with van der Waals surface area (Å²) in [5.74, 6) is -3.20. The third-order valence-corrected chi connectivity index (χ3v) is 14.2. The van der Waals surface area contributed by atoms with E-state index in [1.807, 2.05) is 0 Å². The highest BCUT2D eigenvalue weighted by Crippen LogP contribution is 2.26. The first-order valence-corrected chi connectivity index (χ1v) is 33.2. The minimum Gasteiger partial charge on any atom is -0.479 e. The zero-order valence-corrected chi connectivity index (χ0v) is 53.1. The number of carboxylic acid groups (broad SMARTS) is 1. The molecule has 0 saturated carbocycles. The molecule has 0 aromatic carbocycles. The number of ether oxygens (including phenoxy) is 5. The molecule has 0 aliphatic carbocycles. The lowest BCUT2D eigenvalue weighted by Crippen LogP contribution is -2.61. The van der Waals surface area contributed by atoms with Crippen LogP contribution in [0.4, 0.5) is 0 Å². The smallest absolute Gasteiger partial charge is 0.335 e. The lowest BCUT2D eigenvalue weighted by Gasteiger charge is -2.40. The Balaban J connectivity index is 2.70. The van der Waals surface area contributed by atoms with E-state index in [-0.39, 0.29) is 25.9 Å². The van der Waals surface area contributed by atoms with E-state index < -0.39 is 67.3 Å². The van der Waals surface area contributed by atoms with Crippen molar-refractivity contribution in [2.24, 2.45) is 0 Å². The molecule has 3 N–H and O–H groups in total. The van der Waals surface area contributed by atoms with E-state index in [0.29, 0.717) is 19.3 Å².